The molecule has 0 aliphatic carbocycles. The van der Waals surface area contributed by atoms with E-state index in [4.69, 9.17) is 9.31 Å². The Hall–Kier alpha value is -3.91. The Bertz CT molecular complexity index is 2250. The number of nitrogens with zero attached hydrogens (tertiary/aromatic N) is 1. The highest BCUT2D eigenvalue weighted by Crippen LogP contribution is 2.66. The zero-order valence-electron chi connectivity index (χ0n) is 39.2. The van der Waals surface area contributed by atoms with Crippen LogP contribution in [0.2, 0.25) is 24.2 Å². The highest BCUT2D eigenvalue weighted by Gasteiger charge is 2.93. The van der Waals surface area contributed by atoms with Gasteiger partial charge in [0.1, 0.15) is 0 Å². The molecule has 0 spiro atoms. The molecule has 0 aromatic heterocycles. The van der Waals surface area contributed by atoms with Crippen LogP contribution in [-0.4, -0.2) is 139 Å². The van der Waals surface area contributed by atoms with Gasteiger partial charge in [-0.25, -0.2) is 0 Å². The predicted octanol–water partition coefficient (Wildman–Crippen LogP) is 16.7. The number of alkyl halides is 39. The average Bonchev–Trinajstić information content (AvgIpc) is 3.51. The molecule has 82 heavy (non-hydrogen) atoms. The van der Waals surface area contributed by atoms with Gasteiger partial charge in [0.2, 0.25) is 0 Å². The molecule has 1 unspecified atom stereocenters. The van der Waals surface area contributed by atoms with Crippen LogP contribution in [0.3, 0.4) is 0 Å². The van der Waals surface area contributed by atoms with E-state index < -0.39 is 193 Å². The van der Waals surface area contributed by atoms with Gasteiger partial charge in [-0.15, -0.1) is 0 Å². The lowest BCUT2D eigenvalue weighted by molar-refractivity contribution is -0.440. The number of non-ortho nitro benzene ring substituents is 1. The van der Waals surface area contributed by atoms with Gasteiger partial charge in [0, 0.05) is 31.4 Å². The molecule has 1 atom stereocenters. The van der Waals surface area contributed by atoms with Gasteiger partial charge in [0.05, 0.1) is 24.2 Å². The lowest BCUT2D eigenvalue weighted by Gasteiger charge is -2.47. The number of nitro benzene ring substituents is 1. The lowest BCUT2D eigenvalue weighted by atomic mass is 9.79. The molecular formula is C36H27BF39NO4Si. The van der Waals surface area contributed by atoms with Gasteiger partial charge in [-0.3, -0.25) is 10.1 Å². The van der Waals surface area contributed by atoms with Crippen molar-refractivity contribution in [2.75, 3.05) is 0 Å². The van der Waals surface area contributed by atoms with E-state index in [9.17, 15) is 129 Å². The predicted molar refractivity (Wildman–Crippen MR) is 194 cm³/mol. The second-order valence-electron chi connectivity index (χ2n) is 18.8. The fourth-order valence-corrected chi connectivity index (χ4v) is 13.2. The SMILES string of the molecule is CC1(C)OB(c2ccc([N+](=O)[O-])cc2)OC1(C)C[Si](CCC(F)(F)C(F)(F)C(F)(F)C(F)(F)C(F)(F)C(F)(F)F)(CCC(F)(F)C(F)(F)C(F)(F)C(F)(F)C(F)(F)C(F)(F)F)CCC(F)(F)C(F)(F)C(F)(F)C(F)(F)C(F)(F)C(F)(F)F. The van der Waals surface area contributed by atoms with E-state index in [1.807, 2.05) is 0 Å². The van der Waals surface area contributed by atoms with Gasteiger partial charge in [0.15, 0.2) is 0 Å². The third kappa shape index (κ3) is 11.3. The second-order valence-corrected chi connectivity index (χ2v) is 23.7. The normalized spacial score (nSPS) is 19.3. The molecule has 1 aliphatic heterocycles. The molecule has 1 aromatic rings. The Balaban J connectivity index is 3.27. The van der Waals surface area contributed by atoms with E-state index in [1.165, 1.54) is 0 Å². The van der Waals surface area contributed by atoms with Crippen LogP contribution < -0.4 is 5.46 Å². The number of hydrogen-bond acceptors (Lipinski definition) is 4. The molecule has 0 saturated carbocycles. The van der Waals surface area contributed by atoms with E-state index in [1.54, 1.807) is 0 Å². The van der Waals surface area contributed by atoms with Crippen molar-refractivity contribution in [3.05, 3.63) is 34.4 Å². The van der Waals surface area contributed by atoms with Crippen LogP contribution in [0.5, 0.6) is 0 Å². The summed E-state index contributed by atoms with van der Waals surface area (Å²) in [7, 11) is -9.75. The van der Waals surface area contributed by atoms with Gasteiger partial charge >= 0.3 is 114 Å². The second kappa shape index (κ2) is 20.6. The van der Waals surface area contributed by atoms with Crippen molar-refractivity contribution in [1.82, 2.24) is 0 Å². The summed E-state index contributed by atoms with van der Waals surface area (Å²) < 4.78 is 562. The molecule has 480 valence electrons. The average molecular weight is 1320 g/mol. The zero-order valence-corrected chi connectivity index (χ0v) is 40.2. The van der Waals surface area contributed by atoms with Crippen LogP contribution in [-0.2, 0) is 9.31 Å². The molecular weight excluding hydrogens is 1290 g/mol. The number of hydrogen-bond donors (Lipinski definition) is 0. The van der Waals surface area contributed by atoms with E-state index in [-0.39, 0.29) is 6.92 Å². The highest BCUT2D eigenvalue weighted by atomic mass is 28.3. The fraction of sp³-hybridized carbons (Fsp3) is 0.833. The van der Waals surface area contributed by atoms with E-state index in [2.05, 4.69) is 0 Å². The fourth-order valence-electron chi connectivity index (χ4n) is 7.44. The first-order chi connectivity index (χ1) is 35.3. The monoisotopic (exact) mass is 1320 g/mol. The summed E-state index contributed by atoms with van der Waals surface area (Å²) >= 11 is 0. The molecule has 1 fully saturated rings. The summed E-state index contributed by atoms with van der Waals surface area (Å²) in [6, 6.07) is -10.8. The highest BCUT2D eigenvalue weighted by molar-refractivity contribution is 6.80. The standard InChI is InChI=1S/C36H27BF39NO4Si/c1-17(2)18(3,81-37(80-17)15-4-6-16(7-5-15)77(78)79)14-82(11-8-19(38,39)22(44,45)25(50,51)28(56,57)31(62,63)34(68,69)70,12-9-20(40,41)23(46,47)26(52,53)29(58,59)32(64,65)35(71,72)73)13-10-21(42,43)24(48,49)27(54,55)30(60,61)33(66,67)36(74,75)76/h4-7H,8-14H2,1-3H3. The van der Waals surface area contributed by atoms with Gasteiger partial charge < -0.3 is 9.31 Å². The molecule has 1 aromatic carbocycles. The van der Waals surface area contributed by atoms with Gasteiger partial charge in [0.25, 0.3) is 5.69 Å². The molecule has 5 nitrogen and oxygen atoms in total. The largest absolute Gasteiger partial charge is 0.494 e. The Kier molecular flexibility index (Phi) is 18.7. The lowest BCUT2D eigenvalue weighted by Crippen LogP contribution is -2.70. The smallest absolute Gasteiger partial charge is 0.399 e. The van der Waals surface area contributed by atoms with Crippen molar-refractivity contribution >= 4 is 26.3 Å². The first-order valence-electron chi connectivity index (χ1n) is 20.8. The van der Waals surface area contributed by atoms with Crippen LogP contribution in [0, 0.1) is 10.1 Å². The summed E-state index contributed by atoms with van der Waals surface area (Å²) in [5.41, 5.74) is -7.92. The minimum absolute atomic E-state index is 0.141. The van der Waals surface area contributed by atoms with Crippen molar-refractivity contribution in [3.63, 3.8) is 0 Å². The summed E-state index contributed by atoms with van der Waals surface area (Å²) in [6.45, 7) is 0.979. The molecule has 0 N–H and O–H groups in total. The van der Waals surface area contributed by atoms with Crippen molar-refractivity contribution in [1.29, 1.82) is 0 Å². The van der Waals surface area contributed by atoms with Crippen molar-refractivity contribution in [3.8, 4) is 0 Å². The Morgan fingerprint density at radius 3 is 0.841 bits per heavy atom. The van der Waals surface area contributed by atoms with Crippen LogP contribution in [0.1, 0.15) is 40.0 Å². The number of rotatable bonds is 25. The molecule has 1 aliphatic rings. The third-order valence-electron chi connectivity index (χ3n) is 13.0. The molecule has 0 amide bonds. The first kappa shape index (κ1) is 74.2. The van der Waals surface area contributed by atoms with Crippen molar-refractivity contribution < 1.29 is 185 Å². The van der Waals surface area contributed by atoms with Crippen LogP contribution in [0.25, 0.3) is 0 Å². The molecule has 1 saturated heterocycles. The minimum atomic E-state index is -8.96. The maximum atomic E-state index is 15.5. The zero-order chi connectivity index (χ0) is 66.0. The van der Waals surface area contributed by atoms with Crippen molar-refractivity contribution in [2.24, 2.45) is 0 Å². The maximum absolute atomic E-state index is 15.5. The third-order valence-corrected chi connectivity index (χ3v) is 18.4. The Labute approximate surface area is 429 Å². The molecule has 0 radical (unpaired) electrons. The van der Waals surface area contributed by atoms with Crippen LogP contribution in [0.15, 0.2) is 24.3 Å². The summed E-state index contributed by atoms with van der Waals surface area (Å²) in [5.74, 6) is -129. The van der Waals surface area contributed by atoms with Crippen LogP contribution >= 0.6 is 0 Å². The topological polar surface area (TPSA) is 61.6 Å². The van der Waals surface area contributed by atoms with Gasteiger partial charge in [-0.2, -0.15) is 171 Å². The van der Waals surface area contributed by atoms with Crippen LogP contribution in [0.4, 0.5) is 177 Å². The summed E-state index contributed by atoms with van der Waals surface area (Å²) in [5, 5.41) is 11.1. The summed E-state index contributed by atoms with van der Waals surface area (Å²) in [4.78, 5) is 9.92. The first-order valence-corrected chi connectivity index (χ1v) is 23.6. The van der Waals surface area contributed by atoms with E-state index >= 15 is 52.7 Å². The summed E-state index contributed by atoms with van der Waals surface area (Å²) in [6.07, 6.45) is -37.0. The molecule has 46 heteroatoms. The number of halogens is 39. The maximum Gasteiger partial charge on any atom is 0.494 e. The van der Waals surface area contributed by atoms with E-state index in [0.29, 0.717) is 38.1 Å². The number of nitro groups is 1. The Morgan fingerprint density at radius 2 is 0.622 bits per heavy atom. The van der Waals surface area contributed by atoms with E-state index in [0.717, 1.165) is 0 Å². The molecule has 0 bridgehead atoms. The number of benzene rings is 1. The Morgan fingerprint density at radius 1 is 0.390 bits per heavy atom. The molecule has 2 rings (SSSR count). The minimum Gasteiger partial charge on any atom is -0.399 e. The van der Waals surface area contributed by atoms with Crippen molar-refractivity contribution in [2.45, 2.75) is 183 Å². The van der Waals surface area contributed by atoms with Gasteiger partial charge in [-0.05, 0) is 32.3 Å². The molecule has 1 heterocycles. The quantitative estimate of drug-likeness (QED) is 0.0424. The van der Waals surface area contributed by atoms with Gasteiger partial charge in [-0.1, -0.05) is 30.3 Å².